The zero-order valence-corrected chi connectivity index (χ0v) is 21.1. The maximum absolute atomic E-state index is 13.7. The van der Waals surface area contributed by atoms with Crippen LogP contribution >= 0.6 is 0 Å². The third kappa shape index (κ3) is 4.22. The molecule has 0 radical (unpaired) electrons. The lowest BCUT2D eigenvalue weighted by Crippen LogP contribution is -2.60. The van der Waals surface area contributed by atoms with Crippen LogP contribution in [0.3, 0.4) is 0 Å². The summed E-state index contributed by atoms with van der Waals surface area (Å²) in [4.78, 5) is 41.5. The SMILES string of the molecule is COc1ccc(C2NC(COCc3ccccc3)(C(=O)O)C3C(=O)N(C(C)(C)C)C(=O)C23)c(OC)c1. The number of carboxylic acids is 1. The number of methoxy groups -OCH3 is 2. The van der Waals surface area contributed by atoms with E-state index in [1.54, 1.807) is 39.0 Å². The van der Waals surface area contributed by atoms with Crippen molar-refractivity contribution in [2.24, 2.45) is 11.8 Å². The number of amides is 2. The van der Waals surface area contributed by atoms with E-state index in [1.165, 1.54) is 19.1 Å². The molecule has 2 aliphatic heterocycles. The number of ether oxygens (including phenoxy) is 3. The highest BCUT2D eigenvalue weighted by Gasteiger charge is 2.70. The molecule has 4 rings (SSSR count). The van der Waals surface area contributed by atoms with Crippen molar-refractivity contribution in [3.63, 3.8) is 0 Å². The summed E-state index contributed by atoms with van der Waals surface area (Å²) in [6.07, 6.45) is 0. The summed E-state index contributed by atoms with van der Waals surface area (Å²) in [5.74, 6) is -3.33. The lowest BCUT2D eigenvalue weighted by molar-refractivity contribution is -0.156. The van der Waals surface area contributed by atoms with Crippen molar-refractivity contribution in [2.75, 3.05) is 20.8 Å². The van der Waals surface area contributed by atoms with E-state index >= 15 is 0 Å². The van der Waals surface area contributed by atoms with Gasteiger partial charge in [0.15, 0.2) is 5.54 Å². The van der Waals surface area contributed by atoms with Gasteiger partial charge < -0.3 is 19.3 Å². The first kappa shape index (κ1) is 25.7. The maximum Gasteiger partial charge on any atom is 0.327 e. The van der Waals surface area contributed by atoms with E-state index in [2.05, 4.69) is 5.32 Å². The molecule has 0 aliphatic carbocycles. The van der Waals surface area contributed by atoms with E-state index in [-0.39, 0.29) is 13.2 Å². The van der Waals surface area contributed by atoms with Crippen LogP contribution in [0.1, 0.15) is 37.9 Å². The van der Waals surface area contributed by atoms with Crippen LogP contribution in [0.15, 0.2) is 48.5 Å². The summed E-state index contributed by atoms with van der Waals surface area (Å²) in [6, 6.07) is 13.7. The zero-order chi connectivity index (χ0) is 26.3. The van der Waals surface area contributed by atoms with Crippen LogP contribution in [0.5, 0.6) is 11.5 Å². The molecule has 2 amide bonds. The molecule has 2 saturated heterocycles. The number of nitrogens with one attached hydrogen (secondary N) is 1. The Morgan fingerprint density at radius 2 is 1.75 bits per heavy atom. The van der Waals surface area contributed by atoms with Crippen molar-refractivity contribution in [2.45, 2.75) is 44.5 Å². The van der Waals surface area contributed by atoms with Crippen molar-refractivity contribution >= 4 is 17.8 Å². The topological polar surface area (TPSA) is 114 Å². The average Bonchev–Trinajstić information content (AvgIpc) is 3.33. The van der Waals surface area contributed by atoms with Crippen LogP contribution in [0.25, 0.3) is 0 Å². The second-order valence-corrected chi connectivity index (χ2v) is 10.2. The van der Waals surface area contributed by atoms with Gasteiger partial charge in [0, 0.05) is 23.2 Å². The monoisotopic (exact) mass is 496 g/mol. The highest BCUT2D eigenvalue weighted by molar-refractivity contribution is 6.10. The maximum atomic E-state index is 13.7. The molecule has 4 atom stereocenters. The number of hydrogen-bond acceptors (Lipinski definition) is 7. The molecular weight excluding hydrogens is 464 g/mol. The van der Waals surface area contributed by atoms with E-state index in [1.807, 2.05) is 30.3 Å². The Kier molecular flexibility index (Phi) is 6.81. The number of nitrogens with zero attached hydrogens (tertiary/aromatic N) is 1. The predicted octanol–water partition coefficient (Wildman–Crippen LogP) is 2.79. The number of carbonyl (C=O) groups excluding carboxylic acids is 2. The highest BCUT2D eigenvalue weighted by atomic mass is 16.5. The Labute approximate surface area is 210 Å². The number of imide groups is 1. The minimum absolute atomic E-state index is 0.163. The normalized spacial score (nSPS) is 25.7. The first-order valence-corrected chi connectivity index (χ1v) is 11.8. The molecule has 36 heavy (non-hydrogen) atoms. The standard InChI is InChI=1S/C27H32N2O7/c1-26(2,3)29-23(30)20-21(24(29)31)27(25(32)33,15-36-14-16-9-7-6-8-10-16)28-22(20)18-12-11-17(34-4)13-19(18)35-5/h6-13,20-22,28H,14-15H2,1-5H3,(H,32,33). The Morgan fingerprint density at radius 1 is 1.06 bits per heavy atom. The van der Waals surface area contributed by atoms with Crippen molar-refractivity contribution in [3.05, 3.63) is 59.7 Å². The minimum atomic E-state index is -1.82. The van der Waals surface area contributed by atoms with Gasteiger partial charge in [0.25, 0.3) is 0 Å². The van der Waals surface area contributed by atoms with Crippen LogP contribution < -0.4 is 14.8 Å². The highest BCUT2D eigenvalue weighted by Crippen LogP contribution is 2.52. The quantitative estimate of drug-likeness (QED) is 0.537. The lowest BCUT2D eigenvalue weighted by Gasteiger charge is -2.35. The van der Waals surface area contributed by atoms with E-state index in [4.69, 9.17) is 14.2 Å². The molecule has 2 fully saturated rings. The molecule has 0 saturated carbocycles. The molecule has 2 N–H and O–H groups in total. The Hall–Kier alpha value is -3.43. The zero-order valence-electron chi connectivity index (χ0n) is 21.1. The van der Waals surface area contributed by atoms with Crippen LogP contribution in [-0.2, 0) is 25.7 Å². The molecule has 0 aromatic heterocycles. The Bertz CT molecular complexity index is 1160. The van der Waals surface area contributed by atoms with Crippen LogP contribution in [0.2, 0.25) is 0 Å². The third-order valence-corrected chi connectivity index (χ3v) is 6.92. The number of likely N-dealkylation sites (tertiary alicyclic amines) is 1. The van der Waals surface area contributed by atoms with Crippen LogP contribution in [-0.4, -0.2) is 59.7 Å². The fourth-order valence-corrected chi connectivity index (χ4v) is 5.30. The number of hydrogen-bond donors (Lipinski definition) is 2. The van der Waals surface area contributed by atoms with Gasteiger partial charge >= 0.3 is 5.97 Å². The molecule has 2 aromatic rings. The van der Waals surface area contributed by atoms with Gasteiger partial charge in [-0.05, 0) is 32.4 Å². The molecule has 2 aliphatic rings. The van der Waals surface area contributed by atoms with Gasteiger partial charge in [-0.15, -0.1) is 0 Å². The minimum Gasteiger partial charge on any atom is -0.497 e. The molecule has 2 heterocycles. The number of carbonyl (C=O) groups is 3. The number of aliphatic carboxylic acids is 1. The van der Waals surface area contributed by atoms with Gasteiger partial charge in [-0.1, -0.05) is 36.4 Å². The Balaban J connectivity index is 1.78. The number of rotatable bonds is 8. The van der Waals surface area contributed by atoms with Crippen molar-refractivity contribution < 1.29 is 33.7 Å². The summed E-state index contributed by atoms with van der Waals surface area (Å²) in [5, 5.41) is 13.6. The fraction of sp³-hybridized carbons (Fsp3) is 0.444. The molecule has 0 bridgehead atoms. The molecule has 9 nitrogen and oxygen atoms in total. The molecule has 2 aromatic carbocycles. The lowest BCUT2D eigenvalue weighted by atomic mass is 9.79. The first-order chi connectivity index (χ1) is 17.0. The Morgan fingerprint density at radius 3 is 2.33 bits per heavy atom. The summed E-state index contributed by atoms with van der Waals surface area (Å²) in [5.41, 5.74) is -1.20. The van der Waals surface area contributed by atoms with E-state index in [0.717, 1.165) is 5.56 Å². The van der Waals surface area contributed by atoms with Gasteiger partial charge in [-0.2, -0.15) is 0 Å². The second kappa shape index (κ2) is 9.55. The number of carboxylic acid groups (broad SMARTS) is 1. The van der Waals surface area contributed by atoms with Crippen molar-refractivity contribution in [1.82, 2.24) is 10.2 Å². The van der Waals surface area contributed by atoms with Crippen molar-refractivity contribution in [3.8, 4) is 11.5 Å². The van der Waals surface area contributed by atoms with Gasteiger partial charge in [-0.25, -0.2) is 0 Å². The van der Waals surface area contributed by atoms with Gasteiger partial charge in [-0.3, -0.25) is 24.6 Å². The largest absolute Gasteiger partial charge is 0.497 e. The van der Waals surface area contributed by atoms with Crippen molar-refractivity contribution in [1.29, 1.82) is 0 Å². The molecule has 192 valence electrons. The van der Waals surface area contributed by atoms with E-state index in [0.29, 0.717) is 17.1 Å². The third-order valence-electron chi connectivity index (χ3n) is 6.92. The summed E-state index contributed by atoms with van der Waals surface area (Å²) >= 11 is 0. The molecule has 4 unspecified atom stereocenters. The predicted molar refractivity (Wildman–Crippen MR) is 130 cm³/mol. The summed E-state index contributed by atoms with van der Waals surface area (Å²) in [6.45, 7) is 5.14. The number of benzene rings is 2. The van der Waals surface area contributed by atoms with Crippen LogP contribution in [0.4, 0.5) is 0 Å². The fourth-order valence-electron chi connectivity index (χ4n) is 5.30. The van der Waals surface area contributed by atoms with Gasteiger partial charge in [0.1, 0.15) is 11.5 Å². The first-order valence-electron chi connectivity index (χ1n) is 11.8. The second-order valence-electron chi connectivity index (χ2n) is 10.2. The number of fused-ring (bicyclic) bond motifs is 1. The average molecular weight is 497 g/mol. The van der Waals surface area contributed by atoms with Crippen LogP contribution in [0, 0.1) is 11.8 Å². The smallest absolute Gasteiger partial charge is 0.327 e. The van der Waals surface area contributed by atoms with Gasteiger partial charge in [0.2, 0.25) is 11.8 Å². The van der Waals surface area contributed by atoms with E-state index in [9.17, 15) is 19.5 Å². The van der Waals surface area contributed by atoms with E-state index < -0.39 is 46.7 Å². The molecular formula is C27H32N2O7. The molecule has 9 heteroatoms. The van der Waals surface area contributed by atoms with Gasteiger partial charge in [0.05, 0.1) is 39.3 Å². The molecule has 0 spiro atoms. The summed E-state index contributed by atoms with van der Waals surface area (Å²) in [7, 11) is 3.01. The summed E-state index contributed by atoms with van der Waals surface area (Å²) < 4.78 is 16.7.